The summed E-state index contributed by atoms with van der Waals surface area (Å²) in [6.45, 7) is 2.03. The Kier molecular flexibility index (Phi) is 4.38. The third kappa shape index (κ3) is 3.70. The summed E-state index contributed by atoms with van der Waals surface area (Å²) in [5, 5.41) is 8.62. The van der Waals surface area contributed by atoms with Crippen molar-refractivity contribution in [1.82, 2.24) is 5.48 Å². The Hall–Kier alpha value is -2.05. The van der Waals surface area contributed by atoms with Crippen LogP contribution in [0.2, 0.25) is 0 Å². The van der Waals surface area contributed by atoms with Crippen molar-refractivity contribution in [3.05, 3.63) is 29.8 Å². The van der Waals surface area contributed by atoms with Crippen LogP contribution in [0, 0.1) is 0 Å². The molecule has 6 heteroatoms. The van der Waals surface area contributed by atoms with Crippen LogP contribution in [-0.2, 0) is 9.63 Å². The largest absolute Gasteiger partial charge is 0.480 e. The number of rotatable bonds is 6. The summed E-state index contributed by atoms with van der Waals surface area (Å²) >= 11 is 0. The summed E-state index contributed by atoms with van der Waals surface area (Å²) in [5.74, 6) is 0.505. The Labute approximate surface area is 110 Å². The predicted octanol–water partition coefficient (Wildman–Crippen LogP) is 1.42. The highest BCUT2D eigenvalue weighted by Crippen LogP contribution is 2.32. The molecule has 1 aromatic carbocycles. The molecule has 1 heterocycles. The Bertz CT molecular complexity index is 486. The molecule has 102 valence electrons. The number of hydrogen-bond donors (Lipinski definition) is 2. The fourth-order valence-corrected chi connectivity index (χ4v) is 1.47. The summed E-state index contributed by atoms with van der Waals surface area (Å²) in [4.78, 5) is 15.5. The summed E-state index contributed by atoms with van der Waals surface area (Å²) in [5.41, 5.74) is 3.37. The van der Waals surface area contributed by atoms with Crippen molar-refractivity contribution in [2.24, 2.45) is 0 Å². The monoisotopic (exact) mass is 265 g/mol. The van der Waals surface area contributed by atoms with E-state index in [0.717, 1.165) is 17.1 Å². The van der Waals surface area contributed by atoms with Gasteiger partial charge < -0.3 is 14.6 Å². The lowest BCUT2D eigenvalue weighted by Crippen LogP contribution is -2.33. The molecule has 1 unspecified atom stereocenters. The SMILES string of the molecule is CC(NOCC=Cc1ccc2c(c1)OCO2)C(=O)O. The molecule has 0 bridgehead atoms. The van der Waals surface area contributed by atoms with E-state index in [0.29, 0.717) is 0 Å². The number of hydrogen-bond acceptors (Lipinski definition) is 5. The maximum Gasteiger partial charge on any atom is 0.322 e. The van der Waals surface area contributed by atoms with Crippen molar-refractivity contribution in [2.75, 3.05) is 13.4 Å². The van der Waals surface area contributed by atoms with Gasteiger partial charge in [-0.05, 0) is 24.6 Å². The third-order valence-electron chi connectivity index (χ3n) is 2.52. The Balaban J connectivity index is 1.78. The summed E-state index contributed by atoms with van der Waals surface area (Å²) in [6, 6.07) is 4.87. The van der Waals surface area contributed by atoms with Gasteiger partial charge in [0.1, 0.15) is 6.04 Å². The van der Waals surface area contributed by atoms with Gasteiger partial charge >= 0.3 is 5.97 Å². The first-order chi connectivity index (χ1) is 9.16. The van der Waals surface area contributed by atoms with Crippen molar-refractivity contribution in [3.8, 4) is 11.5 Å². The highest BCUT2D eigenvalue weighted by molar-refractivity contribution is 5.72. The van der Waals surface area contributed by atoms with E-state index in [1.807, 2.05) is 24.3 Å². The minimum absolute atomic E-state index is 0.253. The molecule has 2 N–H and O–H groups in total. The van der Waals surface area contributed by atoms with Crippen LogP contribution in [0.15, 0.2) is 24.3 Å². The zero-order valence-electron chi connectivity index (χ0n) is 10.5. The standard InChI is InChI=1S/C13H15NO5/c1-9(13(15)16)14-19-6-2-3-10-4-5-11-12(7-10)18-8-17-11/h2-5,7,9,14H,6,8H2,1H3,(H,15,16). The fourth-order valence-electron chi connectivity index (χ4n) is 1.47. The lowest BCUT2D eigenvalue weighted by Gasteiger charge is -2.07. The van der Waals surface area contributed by atoms with Gasteiger partial charge in [0, 0.05) is 0 Å². The normalized spacial score (nSPS) is 14.8. The molecule has 1 atom stereocenters. The van der Waals surface area contributed by atoms with Crippen molar-refractivity contribution in [3.63, 3.8) is 0 Å². The molecule has 1 aromatic rings. The van der Waals surface area contributed by atoms with E-state index >= 15 is 0 Å². The van der Waals surface area contributed by atoms with Gasteiger partial charge in [-0.2, -0.15) is 5.48 Å². The maximum atomic E-state index is 10.5. The molecule has 0 radical (unpaired) electrons. The molecule has 0 aliphatic carbocycles. The van der Waals surface area contributed by atoms with E-state index in [4.69, 9.17) is 19.4 Å². The second-order valence-electron chi connectivity index (χ2n) is 4.00. The van der Waals surface area contributed by atoms with Gasteiger partial charge in [-0.1, -0.05) is 18.2 Å². The average Bonchev–Trinajstić information content (AvgIpc) is 2.85. The number of carbonyl (C=O) groups is 1. The van der Waals surface area contributed by atoms with E-state index in [9.17, 15) is 4.79 Å². The van der Waals surface area contributed by atoms with E-state index in [1.165, 1.54) is 6.92 Å². The highest BCUT2D eigenvalue weighted by Gasteiger charge is 2.12. The van der Waals surface area contributed by atoms with Crippen LogP contribution in [0.5, 0.6) is 11.5 Å². The lowest BCUT2D eigenvalue weighted by atomic mass is 10.2. The number of aliphatic carboxylic acids is 1. The molecule has 0 fully saturated rings. The molecular formula is C13H15NO5. The molecule has 2 rings (SSSR count). The van der Waals surface area contributed by atoms with Gasteiger partial charge in [-0.25, -0.2) is 0 Å². The molecule has 1 aliphatic rings. The first-order valence-corrected chi connectivity index (χ1v) is 5.83. The van der Waals surface area contributed by atoms with E-state index < -0.39 is 12.0 Å². The number of carboxylic acids is 1. The average molecular weight is 265 g/mol. The first-order valence-electron chi connectivity index (χ1n) is 5.83. The topological polar surface area (TPSA) is 77.0 Å². The maximum absolute atomic E-state index is 10.5. The highest BCUT2D eigenvalue weighted by atomic mass is 16.7. The van der Waals surface area contributed by atoms with E-state index in [1.54, 1.807) is 6.08 Å². The van der Waals surface area contributed by atoms with Crippen LogP contribution in [0.3, 0.4) is 0 Å². The second kappa shape index (κ2) is 6.21. The number of fused-ring (bicyclic) bond motifs is 1. The molecule has 0 saturated heterocycles. The van der Waals surface area contributed by atoms with Crippen molar-refractivity contribution in [2.45, 2.75) is 13.0 Å². The Morgan fingerprint density at radius 1 is 1.53 bits per heavy atom. The predicted molar refractivity (Wildman–Crippen MR) is 67.8 cm³/mol. The van der Waals surface area contributed by atoms with Crippen molar-refractivity contribution in [1.29, 1.82) is 0 Å². The second-order valence-corrected chi connectivity index (χ2v) is 4.00. The van der Waals surface area contributed by atoms with Gasteiger partial charge in [0.25, 0.3) is 0 Å². The number of nitrogens with one attached hydrogen (secondary N) is 1. The zero-order chi connectivity index (χ0) is 13.7. The Morgan fingerprint density at radius 3 is 3.11 bits per heavy atom. The van der Waals surface area contributed by atoms with Gasteiger partial charge in [0.15, 0.2) is 11.5 Å². The molecule has 1 aliphatic heterocycles. The Morgan fingerprint density at radius 2 is 2.32 bits per heavy atom. The van der Waals surface area contributed by atoms with Crippen LogP contribution in [0.1, 0.15) is 12.5 Å². The molecule has 0 amide bonds. The smallest absolute Gasteiger partial charge is 0.322 e. The minimum atomic E-state index is -0.959. The summed E-state index contributed by atoms with van der Waals surface area (Å²) in [7, 11) is 0. The molecule has 0 saturated carbocycles. The molecule has 0 spiro atoms. The minimum Gasteiger partial charge on any atom is -0.480 e. The van der Waals surface area contributed by atoms with Gasteiger partial charge in [-0.15, -0.1) is 0 Å². The number of carboxylic acid groups (broad SMARTS) is 1. The van der Waals surface area contributed by atoms with Crippen molar-refractivity contribution < 1.29 is 24.2 Å². The first kappa shape index (κ1) is 13.4. The quantitative estimate of drug-likeness (QED) is 0.598. The zero-order valence-corrected chi connectivity index (χ0v) is 10.5. The molecule has 6 nitrogen and oxygen atoms in total. The van der Waals surface area contributed by atoms with Crippen LogP contribution < -0.4 is 15.0 Å². The van der Waals surface area contributed by atoms with Gasteiger partial charge in [0.05, 0.1) is 6.61 Å². The van der Waals surface area contributed by atoms with Crippen LogP contribution >= 0.6 is 0 Å². The van der Waals surface area contributed by atoms with Gasteiger partial charge in [-0.3, -0.25) is 9.63 Å². The van der Waals surface area contributed by atoms with E-state index in [-0.39, 0.29) is 13.4 Å². The molecule has 0 aromatic heterocycles. The summed E-state index contributed by atoms with van der Waals surface area (Å²) in [6.07, 6.45) is 3.63. The third-order valence-corrected chi connectivity index (χ3v) is 2.52. The molecular weight excluding hydrogens is 250 g/mol. The fraction of sp³-hybridized carbons (Fsp3) is 0.308. The number of hydroxylamine groups is 1. The van der Waals surface area contributed by atoms with Crippen molar-refractivity contribution >= 4 is 12.0 Å². The van der Waals surface area contributed by atoms with Crippen LogP contribution in [0.25, 0.3) is 6.08 Å². The van der Waals surface area contributed by atoms with Gasteiger partial charge in [0.2, 0.25) is 6.79 Å². The van der Waals surface area contributed by atoms with Crippen LogP contribution in [-0.4, -0.2) is 30.5 Å². The number of ether oxygens (including phenoxy) is 2. The molecule has 19 heavy (non-hydrogen) atoms. The lowest BCUT2D eigenvalue weighted by molar-refractivity contribution is -0.142. The summed E-state index contributed by atoms with van der Waals surface area (Å²) < 4.78 is 10.5. The van der Waals surface area contributed by atoms with Crippen LogP contribution in [0.4, 0.5) is 0 Å². The number of benzene rings is 1. The van der Waals surface area contributed by atoms with E-state index in [2.05, 4.69) is 5.48 Å².